The van der Waals surface area contributed by atoms with E-state index in [0.717, 1.165) is 22.3 Å². The van der Waals surface area contributed by atoms with Gasteiger partial charge in [0.2, 0.25) is 0 Å². The zero-order valence-electron chi connectivity index (χ0n) is 28.3. The number of hydrogen-bond donors (Lipinski definition) is 0. The fraction of sp³-hybridized carbons (Fsp3) is 0.178. The van der Waals surface area contributed by atoms with Crippen LogP contribution in [0, 0.1) is 6.92 Å². The van der Waals surface area contributed by atoms with Crippen molar-refractivity contribution in [3.63, 3.8) is 0 Å². The molecule has 1 aliphatic carbocycles. The van der Waals surface area contributed by atoms with Crippen molar-refractivity contribution in [3.8, 4) is 56.4 Å². The fourth-order valence-corrected chi connectivity index (χ4v) is 7.81. The Morgan fingerprint density at radius 3 is 1.44 bits per heavy atom. The first kappa shape index (κ1) is 30.0. The van der Waals surface area contributed by atoms with Crippen LogP contribution in [0.5, 0.6) is 0 Å². The van der Waals surface area contributed by atoms with Gasteiger partial charge in [-0.15, -0.1) is 0 Å². The van der Waals surface area contributed by atoms with E-state index in [-0.39, 0.29) is 10.8 Å². The average Bonchev–Trinajstić information content (AvgIpc) is 3.30. The van der Waals surface area contributed by atoms with Crippen molar-refractivity contribution in [1.82, 2.24) is 15.0 Å². The largest absolute Gasteiger partial charge is 0.208 e. The van der Waals surface area contributed by atoms with Gasteiger partial charge in [-0.2, -0.15) is 0 Å². The molecule has 0 aliphatic heterocycles. The summed E-state index contributed by atoms with van der Waals surface area (Å²) in [6.45, 7) is 11.6. The topological polar surface area (TPSA) is 38.7 Å². The van der Waals surface area contributed by atoms with Crippen LogP contribution in [-0.2, 0) is 10.8 Å². The molecule has 0 N–H and O–H groups in total. The maximum Gasteiger partial charge on any atom is 0.164 e. The lowest BCUT2D eigenvalue weighted by Gasteiger charge is -2.22. The molecule has 48 heavy (non-hydrogen) atoms. The van der Waals surface area contributed by atoms with Crippen LogP contribution in [0.25, 0.3) is 67.2 Å². The lowest BCUT2D eigenvalue weighted by molar-refractivity contribution is 0.403. The van der Waals surface area contributed by atoms with E-state index in [1.54, 1.807) is 0 Å². The van der Waals surface area contributed by atoms with Gasteiger partial charge in [0.1, 0.15) is 0 Å². The molecule has 3 nitrogen and oxygen atoms in total. The van der Waals surface area contributed by atoms with Crippen LogP contribution in [0.15, 0.2) is 133 Å². The predicted molar refractivity (Wildman–Crippen MR) is 200 cm³/mol. The van der Waals surface area contributed by atoms with Crippen LogP contribution in [0.4, 0.5) is 0 Å². The van der Waals surface area contributed by atoms with E-state index in [9.17, 15) is 0 Å². The van der Waals surface area contributed by atoms with Crippen molar-refractivity contribution >= 4 is 10.8 Å². The summed E-state index contributed by atoms with van der Waals surface area (Å²) in [4.78, 5) is 14.8. The molecule has 8 rings (SSSR count). The summed E-state index contributed by atoms with van der Waals surface area (Å²) in [5, 5.41) is 2.51. The Kier molecular flexibility index (Phi) is 7.10. The minimum absolute atomic E-state index is 0.160. The Morgan fingerprint density at radius 2 is 0.854 bits per heavy atom. The summed E-state index contributed by atoms with van der Waals surface area (Å²) in [6, 6.07) is 47.6. The van der Waals surface area contributed by atoms with Crippen molar-refractivity contribution in [2.75, 3.05) is 0 Å². The predicted octanol–water partition coefficient (Wildman–Crippen LogP) is 11.6. The minimum Gasteiger partial charge on any atom is -0.208 e. The third-order valence-electron chi connectivity index (χ3n) is 10.0. The minimum atomic E-state index is 0.160. The second kappa shape index (κ2) is 11.4. The van der Waals surface area contributed by atoms with Gasteiger partial charge < -0.3 is 0 Å². The Morgan fingerprint density at radius 1 is 0.417 bits per heavy atom. The highest BCUT2D eigenvalue weighted by molar-refractivity contribution is 6.05. The molecule has 1 aromatic heterocycles. The van der Waals surface area contributed by atoms with Gasteiger partial charge in [-0.1, -0.05) is 167 Å². The highest BCUT2D eigenvalue weighted by atomic mass is 15.0. The second-order valence-corrected chi connectivity index (χ2v) is 14.5. The fourth-order valence-electron chi connectivity index (χ4n) is 7.81. The van der Waals surface area contributed by atoms with Crippen LogP contribution in [-0.4, -0.2) is 15.0 Å². The lowest BCUT2D eigenvalue weighted by atomic mass is 9.82. The quantitative estimate of drug-likeness (QED) is 0.192. The van der Waals surface area contributed by atoms with Crippen molar-refractivity contribution in [3.05, 3.63) is 150 Å². The van der Waals surface area contributed by atoms with Crippen molar-refractivity contribution < 1.29 is 0 Å². The number of rotatable bonds is 5. The summed E-state index contributed by atoms with van der Waals surface area (Å²) in [5.74, 6) is 2.00. The van der Waals surface area contributed by atoms with Crippen LogP contribution in [0.3, 0.4) is 0 Å². The molecule has 1 heterocycles. The zero-order chi connectivity index (χ0) is 33.0. The Labute approximate surface area is 283 Å². The van der Waals surface area contributed by atoms with Gasteiger partial charge in [0.15, 0.2) is 17.5 Å². The van der Waals surface area contributed by atoms with E-state index in [1.165, 1.54) is 50.6 Å². The number of hydrogen-bond acceptors (Lipinski definition) is 3. The van der Waals surface area contributed by atoms with Gasteiger partial charge >= 0.3 is 0 Å². The molecule has 0 saturated heterocycles. The summed E-state index contributed by atoms with van der Waals surface area (Å²) < 4.78 is 0. The number of fused-ring (bicyclic) bond motifs is 2. The summed E-state index contributed by atoms with van der Waals surface area (Å²) in [5.41, 5.74) is 12.3. The molecule has 0 radical (unpaired) electrons. The molecule has 0 spiro atoms. The average molecular weight is 622 g/mol. The highest BCUT2D eigenvalue weighted by Gasteiger charge is 2.41. The van der Waals surface area contributed by atoms with Crippen molar-refractivity contribution in [2.45, 2.75) is 51.9 Å². The summed E-state index contributed by atoms with van der Waals surface area (Å²) in [7, 11) is 0. The van der Waals surface area contributed by atoms with Gasteiger partial charge in [-0.05, 0) is 68.3 Å². The Balaban J connectivity index is 1.19. The molecular weight excluding hydrogens is 583 g/mol. The van der Waals surface area contributed by atoms with Gasteiger partial charge in [-0.3, -0.25) is 0 Å². The molecule has 0 unspecified atom stereocenters. The van der Waals surface area contributed by atoms with Gasteiger partial charge in [0.05, 0.1) is 0 Å². The molecular formula is C45H39N3. The molecule has 3 heteroatoms. The SMILES string of the molecule is Cc1ccc(-c2nc(-c3ccccc3)nc(-c3ccc(-c4ccc(-c5ccc6c(c5)C(C)(C)CC6(C)C)c5ccccc45)cc3)n2)cc1. The molecule has 234 valence electrons. The highest BCUT2D eigenvalue weighted by Crippen LogP contribution is 2.50. The first-order chi connectivity index (χ1) is 23.2. The molecule has 7 aromatic rings. The Hall–Kier alpha value is -5.41. The van der Waals surface area contributed by atoms with E-state index in [1.807, 2.05) is 30.3 Å². The molecule has 0 bridgehead atoms. The number of benzene rings is 6. The maximum absolute atomic E-state index is 4.95. The van der Waals surface area contributed by atoms with E-state index in [4.69, 9.17) is 15.0 Å². The number of aryl methyl sites for hydroxylation is 1. The zero-order valence-corrected chi connectivity index (χ0v) is 28.3. The van der Waals surface area contributed by atoms with Crippen LogP contribution >= 0.6 is 0 Å². The molecule has 1 aliphatic rings. The third kappa shape index (κ3) is 5.30. The van der Waals surface area contributed by atoms with Gasteiger partial charge in [0, 0.05) is 16.7 Å². The summed E-state index contributed by atoms with van der Waals surface area (Å²) >= 11 is 0. The van der Waals surface area contributed by atoms with E-state index in [2.05, 4.69) is 138 Å². The lowest BCUT2D eigenvalue weighted by Crippen LogP contribution is -2.17. The van der Waals surface area contributed by atoms with Gasteiger partial charge in [0.25, 0.3) is 0 Å². The van der Waals surface area contributed by atoms with Crippen LogP contribution in [0.2, 0.25) is 0 Å². The standard InChI is InChI=1S/C45H39N3/c1-29-15-17-32(18-16-29)42-46-41(31-11-7-6-8-12-31)47-43(48-42)33-21-19-30(20-22-33)35-24-25-36(38-14-10-9-13-37(35)38)34-23-26-39-40(27-34)45(4,5)28-44(39,2)3/h6-27H,28H2,1-5H3. The number of nitrogens with zero attached hydrogens (tertiary/aromatic N) is 3. The normalized spacial score (nSPS) is 14.6. The second-order valence-electron chi connectivity index (χ2n) is 14.5. The molecule has 0 saturated carbocycles. The molecule has 0 amide bonds. The van der Waals surface area contributed by atoms with Crippen molar-refractivity contribution in [1.29, 1.82) is 0 Å². The molecule has 6 aromatic carbocycles. The maximum atomic E-state index is 4.95. The Bertz CT molecular complexity index is 2300. The smallest absolute Gasteiger partial charge is 0.164 e. The van der Waals surface area contributed by atoms with Crippen LogP contribution < -0.4 is 0 Å². The summed E-state index contributed by atoms with van der Waals surface area (Å²) in [6.07, 6.45) is 1.17. The van der Waals surface area contributed by atoms with E-state index < -0.39 is 0 Å². The first-order valence-corrected chi connectivity index (χ1v) is 16.8. The third-order valence-corrected chi connectivity index (χ3v) is 10.0. The number of aromatic nitrogens is 3. The first-order valence-electron chi connectivity index (χ1n) is 16.8. The molecule has 0 fully saturated rings. The van der Waals surface area contributed by atoms with Gasteiger partial charge in [-0.25, -0.2) is 15.0 Å². The van der Waals surface area contributed by atoms with E-state index in [0.29, 0.717) is 17.5 Å². The monoisotopic (exact) mass is 621 g/mol. The van der Waals surface area contributed by atoms with Crippen molar-refractivity contribution in [2.24, 2.45) is 0 Å². The molecule has 0 atom stereocenters. The van der Waals surface area contributed by atoms with Crippen LogP contribution in [0.1, 0.15) is 50.8 Å². The van der Waals surface area contributed by atoms with E-state index >= 15 is 0 Å².